The van der Waals surface area contributed by atoms with Gasteiger partial charge in [0.1, 0.15) is 12.8 Å². The Morgan fingerprint density at radius 2 is 1.49 bits per heavy atom. The van der Waals surface area contributed by atoms with Gasteiger partial charge in [0.2, 0.25) is 5.69 Å². The number of rotatable bonds is 18. The number of aliphatic hydroxyl groups excluding tert-OH is 1. The molecule has 55 heavy (non-hydrogen) atoms. The van der Waals surface area contributed by atoms with E-state index in [1.807, 2.05) is 11.8 Å². The van der Waals surface area contributed by atoms with Crippen LogP contribution in [0.3, 0.4) is 0 Å². The van der Waals surface area contributed by atoms with Gasteiger partial charge in [-0.25, -0.2) is 4.58 Å². The molecule has 2 aliphatic heterocycles. The Balaban J connectivity index is 1.56. The molecular formula is C38H50N3O11S3+. The lowest BCUT2D eigenvalue weighted by Crippen LogP contribution is -2.46. The molecule has 0 saturated heterocycles. The van der Waals surface area contributed by atoms with Gasteiger partial charge in [-0.2, -0.15) is 25.3 Å². The first-order valence-electron chi connectivity index (χ1n) is 18.1. The van der Waals surface area contributed by atoms with Crippen molar-refractivity contribution in [2.45, 2.75) is 86.3 Å². The number of benzene rings is 2. The van der Waals surface area contributed by atoms with Crippen LogP contribution in [0.25, 0.3) is 0 Å². The third-order valence-corrected chi connectivity index (χ3v) is 13.5. The molecule has 5 rings (SSSR count). The lowest BCUT2D eigenvalue weighted by atomic mass is 9.68. The first-order chi connectivity index (χ1) is 25.5. The van der Waals surface area contributed by atoms with Gasteiger partial charge in [-0.1, -0.05) is 25.3 Å². The number of allylic oxidation sites excluding steroid dienone is 4. The van der Waals surface area contributed by atoms with Crippen molar-refractivity contribution in [3.63, 3.8) is 0 Å². The third kappa shape index (κ3) is 8.52. The fourth-order valence-electron chi connectivity index (χ4n) is 8.23. The van der Waals surface area contributed by atoms with Crippen LogP contribution < -0.4 is 10.2 Å². The maximum absolute atomic E-state index is 14.2. The Morgan fingerprint density at radius 3 is 2.09 bits per heavy atom. The number of anilines is 1. The monoisotopic (exact) mass is 820 g/mol. The number of ketones is 1. The number of carbonyl (C=O) groups excluding carboxylic acids is 1. The highest BCUT2D eigenvalue weighted by molar-refractivity contribution is 7.86. The smallest absolute Gasteiger partial charge is 0.294 e. The lowest BCUT2D eigenvalue weighted by Gasteiger charge is -2.34. The van der Waals surface area contributed by atoms with Crippen LogP contribution in [0.15, 0.2) is 81.9 Å². The van der Waals surface area contributed by atoms with E-state index >= 15 is 0 Å². The van der Waals surface area contributed by atoms with E-state index in [2.05, 4.69) is 11.9 Å². The maximum atomic E-state index is 14.2. The Labute approximate surface area is 323 Å². The van der Waals surface area contributed by atoms with Crippen LogP contribution in [0.5, 0.6) is 0 Å². The number of unbranched alkanes of at least 4 members (excludes halogenated alkanes) is 4. The van der Waals surface area contributed by atoms with Crippen molar-refractivity contribution in [1.29, 1.82) is 0 Å². The molecule has 3 aliphatic rings. The topological polar surface area (TPSA) is 219 Å². The van der Waals surface area contributed by atoms with Crippen LogP contribution in [0.1, 0.15) is 76.8 Å². The molecule has 2 heterocycles. The van der Waals surface area contributed by atoms with Crippen molar-refractivity contribution >= 4 is 53.2 Å². The normalized spacial score (nSPS) is 21.7. The quantitative estimate of drug-likeness (QED) is 0.0562. The number of nitrogens with one attached hydrogen (secondary N) is 1. The van der Waals surface area contributed by atoms with Crippen LogP contribution in [0.4, 0.5) is 11.4 Å². The molecule has 300 valence electrons. The largest absolute Gasteiger partial charge is 0.510 e. The van der Waals surface area contributed by atoms with Crippen LogP contribution in [-0.2, 0) is 46.0 Å². The summed E-state index contributed by atoms with van der Waals surface area (Å²) in [6.45, 7) is 11.0. The molecule has 2 aromatic carbocycles. The van der Waals surface area contributed by atoms with E-state index in [0.717, 1.165) is 25.8 Å². The second-order valence-electron chi connectivity index (χ2n) is 15.1. The molecule has 0 fully saturated rings. The van der Waals surface area contributed by atoms with Gasteiger partial charge in [0.05, 0.1) is 26.5 Å². The zero-order chi connectivity index (χ0) is 40.7. The van der Waals surface area contributed by atoms with Crippen LogP contribution in [0.2, 0.25) is 0 Å². The number of hydrogen-bond donors (Lipinski definition) is 5. The molecule has 2 atom stereocenters. The summed E-state index contributed by atoms with van der Waals surface area (Å²) in [4.78, 5) is 15.5. The highest BCUT2D eigenvalue weighted by Gasteiger charge is 2.57. The number of nitrogens with zero attached hydrogens (tertiary/aromatic N) is 2. The fraction of sp³-hybridized carbons (Fsp3) is 0.474. The van der Waals surface area contributed by atoms with Crippen LogP contribution >= 0.6 is 0 Å². The van der Waals surface area contributed by atoms with Gasteiger partial charge in [-0.05, 0) is 95.0 Å². The predicted octanol–water partition coefficient (Wildman–Crippen LogP) is 5.25. The summed E-state index contributed by atoms with van der Waals surface area (Å²) in [5, 5.41) is 15.0. The Kier molecular flexibility index (Phi) is 12.1. The second-order valence-corrected chi connectivity index (χ2v) is 19.6. The number of aliphatic hydroxyl groups is 1. The number of Topliss-reactive ketones (excluding diaryl/α,β-unsaturated/α-hetero) is 1. The maximum Gasteiger partial charge on any atom is 0.294 e. The third-order valence-electron chi connectivity index (χ3n) is 11.0. The highest BCUT2D eigenvalue weighted by atomic mass is 32.2. The summed E-state index contributed by atoms with van der Waals surface area (Å²) < 4.78 is 102. The molecule has 1 aliphatic carbocycles. The molecule has 14 nitrogen and oxygen atoms in total. The Bertz CT molecular complexity index is 2330. The summed E-state index contributed by atoms with van der Waals surface area (Å²) in [6, 6.07) is 8.43. The van der Waals surface area contributed by atoms with E-state index in [9.17, 15) is 48.8 Å². The van der Waals surface area contributed by atoms with Crippen molar-refractivity contribution in [2.75, 3.05) is 37.3 Å². The standard InChI is InChI=1S/C38H49N3O11S3/c1-6-18-39-19-10-8-7-9-17-38(4)29-23-26(55(50,51)52)14-16-31(29)41(20-11-12-21-53(44,45)46)32(38)24-27-34(42)33(35(27)43)36-37(2,3)28-22-25(54(47,48)49)13-15-30(28)40(36)5/h6,13-16,22-24,33,39H,1,7-12,17-21H2,2-5H3,(H3-,42,43,44,45,46,47,48,49,50,51,52)/p+1. The van der Waals surface area contributed by atoms with E-state index < -0.39 is 58.6 Å². The minimum atomic E-state index is -4.59. The molecule has 17 heteroatoms. The van der Waals surface area contributed by atoms with E-state index in [0.29, 0.717) is 59.7 Å². The summed E-state index contributed by atoms with van der Waals surface area (Å²) in [5.41, 5.74) is 1.62. The molecule has 0 radical (unpaired) electrons. The Hall–Kier alpha value is -3.71. The van der Waals surface area contributed by atoms with E-state index in [4.69, 9.17) is 0 Å². The predicted molar refractivity (Wildman–Crippen MR) is 209 cm³/mol. The van der Waals surface area contributed by atoms with Crippen molar-refractivity contribution in [2.24, 2.45) is 5.92 Å². The van der Waals surface area contributed by atoms with Crippen molar-refractivity contribution in [3.8, 4) is 0 Å². The van der Waals surface area contributed by atoms with E-state index in [1.165, 1.54) is 24.3 Å². The molecule has 2 aromatic rings. The van der Waals surface area contributed by atoms with Crippen molar-refractivity contribution in [1.82, 2.24) is 5.32 Å². The van der Waals surface area contributed by atoms with E-state index in [1.54, 1.807) is 49.8 Å². The van der Waals surface area contributed by atoms with Gasteiger partial charge in [0.15, 0.2) is 17.4 Å². The van der Waals surface area contributed by atoms with Gasteiger partial charge < -0.3 is 15.3 Å². The molecule has 2 unspecified atom stereocenters. The average Bonchev–Trinajstić information content (AvgIpc) is 3.44. The molecule has 0 bridgehead atoms. The summed E-state index contributed by atoms with van der Waals surface area (Å²) >= 11 is 0. The molecule has 0 amide bonds. The number of carbonyl (C=O) groups is 1. The first-order valence-corrected chi connectivity index (χ1v) is 22.6. The SMILES string of the molecule is C=CCNCCCCCCC1(C)C(=CC2=C(O)C(C3=[N+](C)c4ccc(S(=O)(=O)O)cc4C3(C)C)C2=O)N(CCCCS(=O)(=O)O)c2ccc(S(=O)(=O)O)cc21. The van der Waals surface area contributed by atoms with Crippen molar-refractivity contribution in [3.05, 3.63) is 83.3 Å². The van der Waals surface area contributed by atoms with Gasteiger partial charge >= 0.3 is 0 Å². The van der Waals surface area contributed by atoms with Gasteiger partial charge in [-0.3, -0.25) is 18.5 Å². The van der Waals surface area contributed by atoms with Gasteiger partial charge in [0, 0.05) is 41.5 Å². The van der Waals surface area contributed by atoms with Gasteiger partial charge in [-0.15, -0.1) is 6.58 Å². The minimum Gasteiger partial charge on any atom is -0.510 e. The molecule has 0 spiro atoms. The molecule has 0 saturated carbocycles. The van der Waals surface area contributed by atoms with E-state index in [-0.39, 0.29) is 34.1 Å². The molecule has 0 aromatic heterocycles. The summed E-state index contributed by atoms with van der Waals surface area (Å²) in [6.07, 6.45) is 7.71. The van der Waals surface area contributed by atoms with Crippen molar-refractivity contribution < 1.29 is 53.4 Å². The molecular weight excluding hydrogens is 771 g/mol. The zero-order valence-corrected chi connectivity index (χ0v) is 33.9. The first kappa shape index (κ1) is 42.4. The summed E-state index contributed by atoms with van der Waals surface area (Å²) in [7, 11) is -11.6. The highest BCUT2D eigenvalue weighted by Crippen LogP contribution is 2.53. The van der Waals surface area contributed by atoms with Gasteiger partial charge in [0.25, 0.3) is 30.4 Å². The summed E-state index contributed by atoms with van der Waals surface area (Å²) in [5.74, 6) is -2.12. The second kappa shape index (κ2) is 15.7. The minimum absolute atomic E-state index is 0.0385. The number of fused-ring (bicyclic) bond motifs is 2. The number of hydrogen-bond acceptors (Lipinski definition) is 10. The Morgan fingerprint density at radius 1 is 0.873 bits per heavy atom. The van der Waals surface area contributed by atoms with Crippen LogP contribution in [-0.4, -0.2) is 92.5 Å². The molecule has 5 N–H and O–H groups in total. The average molecular weight is 821 g/mol. The fourth-order valence-corrected chi connectivity index (χ4v) is 9.81. The zero-order valence-electron chi connectivity index (χ0n) is 31.4. The lowest BCUT2D eigenvalue weighted by molar-refractivity contribution is -0.405. The van der Waals surface area contributed by atoms with Crippen LogP contribution in [0, 0.1) is 5.92 Å².